The molecule has 2 amide bonds. The largest absolute Gasteiger partial charge is 0.416 e. The van der Waals surface area contributed by atoms with Gasteiger partial charge in [0.2, 0.25) is 5.91 Å². The second-order valence-corrected chi connectivity index (χ2v) is 10.5. The maximum absolute atomic E-state index is 13.6. The fourth-order valence-electron chi connectivity index (χ4n) is 4.72. The third-order valence-corrected chi connectivity index (χ3v) is 8.25. The first kappa shape index (κ1) is 25.4. The summed E-state index contributed by atoms with van der Waals surface area (Å²) >= 11 is 1.63. The summed E-state index contributed by atoms with van der Waals surface area (Å²) in [6.07, 6.45) is -4.39. The molecule has 2 unspecified atom stereocenters. The summed E-state index contributed by atoms with van der Waals surface area (Å²) in [5.74, 6) is 0.496. The number of hydrogen-bond acceptors (Lipinski definition) is 4. The second-order valence-electron chi connectivity index (χ2n) is 9.37. The highest BCUT2D eigenvalue weighted by Crippen LogP contribution is 2.37. The van der Waals surface area contributed by atoms with Crippen LogP contribution in [0.3, 0.4) is 0 Å². The van der Waals surface area contributed by atoms with Crippen molar-refractivity contribution in [3.8, 4) is 0 Å². The fourth-order valence-corrected chi connectivity index (χ4v) is 6.19. The molecule has 0 N–H and O–H groups in total. The van der Waals surface area contributed by atoms with Crippen LogP contribution >= 0.6 is 11.8 Å². The molecule has 2 aromatic rings. The van der Waals surface area contributed by atoms with E-state index in [1.54, 1.807) is 33.7 Å². The number of nitrogens with zero attached hydrogens (tertiary/aromatic N) is 3. The molecular weight excluding hydrogens is 475 g/mol. The van der Waals surface area contributed by atoms with E-state index in [9.17, 15) is 22.8 Å². The van der Waals surface area contributed by atoms with Crippen molar-refractivity contribution in [2.24, 2.45) is 5.92 Å². The second kappa shape index (κ2) is 10.1. The third kappa shape index (κ3) is 5.29. The Balaban J connectivity index is 1.48. The minimum Gasteiger partial charge on any atom is -0.368 e. The average Bonchev–Trinajstić information content (AvgIpc) is 3.29. The molecule has 0 aliphatic carbocycles. The smallest absolute Gasteiger partial charge is 0.368 e. The summed E-state index contributed by atoms with van der Waals surface area (Å²) in [7, 11) is 0. The minimum atomic E-state index is -4.39. The maximum atomic E-state index is 13.6. The van der Waals surface area contributed by atoms with Gasteiger partial charge in [-0.3, -0.25) is 9.59 Å². The Bertz CT molecular complexity index is 1080. The van der Waals surface area contributed by atoms with E-state index >= 15 is 0 Å². The SMILES string of the molecule is Cc1ccccc1C(=O)N1C(C(=O)N2CCN(c3cccc(C(F)(F)F)c3)CC2)CSC1C(C)C. The molecule has 0 bridgehead atoms. The van der Waals surface area contributed by atoms with E-state index in [1.165, 1.54) is 6.07 Å². The molecule has 2 aliphatic heterocycles. The molecule has 0 radical (unpaired) electrons. The van der Waals surface area contributed by atoms with Gasteiger partial charge in [-0.05, 0) is 42.7 Å². The Labute approximate surface area is 208 Å². The van der Waals surface area contributed by atoms with Gasteiger partial charge in [0.1, 0.15) is 6.04 Å². The lowest BCUT2D eigenvalue weighted by molar-refractivity contribution is -0.137. The number of benzene rings is 2. The van der Waals surface area contributed by atoms with Crippen molar-refractivity contribution in [1.82, 2.24) is 9.80 Å². The van der Waals surface area contributed by atoms with Crippen molar-refractivity contribution in [2.45, 2.75) is 38.4 Å². The zero-order valence-electron chi connectivity index (χ0n) is 20.1. The first-order valence-corrected chi connectivity index (χ1v) is 12.8. The van der Waals surface area contributed by atoms with Crippen molar-refractivity contribution in [2.75, 3.05) is 36.8 Å². The van der Waals surface area contributed by atoms with Gasteiger partial charge in [-0.1, -0.05) is 38.1 Å². The number of piperazine rings is 1. The molecular formula is C26H30F3N3O2S. The fraction of sp³-hybridized carbons (Fsp3) is 0.462. The van der Waals surface area contributed by atoms with Crippen LogP contribution in [0.2, 0.25) is 0 Å². The number of amides is 2. The first-order valence-electron chi connectivity index (χ1n) is 11.8. The first-order chi connectivity index (χ1) is 16.6. The van der Waals surface area contributed by atoms with Gasteiger partial charge >= 0.3 is 6.18 Å². The lowest BCUT2D eigenvalue weighted by Crippen LogP contribution is -2.56. The molecule has 188 valence electrons. The number of aryl methyl sites for hydroxylation is 1. The maximum Gasteiger partial charge on any atom is 0.416 e. The predicted octanol–water partition coefficient (Wildman–Crippen LogP) is 4.90. The molecule has 2 saturated heterocycles. The van der Waals surface area contributed by atoms with Crippen LogP contribution in [-0.2, 0) is 11.0 Å². The molecule has 2 atom stereocenters. The van der Waals surface area contributed by atoms with Crippen LogP contribution in [0.25, 0.3) is 0 Å². The molecule has 9 heteroatoms. The molecule has 2 heterocycles. The molecule has 2 aliphatic rings. The zero-order valence-corrected chi connectivity index (χ0v) is 20.9. The predicted molar refractivity (Wildman–Crippen MR) is 132 cm³/mol. The number of halogens is 3. The van der Waals surface area contributed by atoms with Gasteiger partial charge in [0.25, 0.3) is 5.91 Å². The average molecular weight is 506 g/mol. The molecule has 2 aromatic carbocycles. The molecule has 0 saturated carbocycles. The number of rotatable bonds is 4. The lowest BCUT2D eigenvalue weighted by atomic mass is 10.0. The topological polar surface area (TPSA) is 43.9 Å². The Kier molecular flexibility index (Phi) is 7.35. The van der Waals surface area contributed by atoms with Crippen molar-refractivity contribution in [1.29, 1.82) is 0 Å². The number of anilines is 1. The van der Waals surface area contributed by atoms with Crippen molar-refractivity contribution in [3.63, 3.8) is 0 Å². The zero-order chi connectivity index (χ0) is 25.3. The summed E-state index contributed by atoms with van der Waals surface area (Å²) in [4.78, 5) is 32.5. The number of alkyl halides is 3. The number of carbonyl (C=O) groups excluding carboxylic acids is 2. The van der Waals surface area contributed by atoms with Gasteiger partial charge in [-0.25, -0.2) is 0 Å². The monoisotopic (exact) mass is 505 g/mol. The van der Waals surface area contributed by atoms with Gasteiger partial charge in [0.15, 0.2) is 0 Å². The molecule has 5 nitrogen and oxygen atoms in total. The highest BCUT2D eigenvalue weighted by molar-refractivity contribution is 8.00. The minimum absolute atomic E-state index is 0.0914. The molecule has 4 rings (SSSR count). The van der Waals surface area contributed by atoms with Gasteiger partial charge < -0.3 is 14.7 Å². The molecule has 0 spiro atoms. The van der Waals surface area contributed by atoms with Gasteiger partial charge in [0, 0.05) is 43.2 Å². The normalized spacial score (nSPS) is 21.1. The Morgan fingerprint density at radius 3 is 2.31 bits per heavy atom. The Morgan fingerprint density at radius 2 is 1.69 bits per heavy atom. The number of thioether (sulfide) groups is 1. The Hall–Kier alpha value is -2.68. The molecule has 2 fully saturated rings. The van der Waals surface area contributed by atoms with E-state index in [0.717, 1.165) is 17.7 Å². The van der Waals surface area contributed by atoms with E-state index in [0.29, 0.717) is 43.2 Å². The van der Waals surface area contributed by atoms with Crippen LogP contribution in [-0.4, -0.2) is 65.0 Å². The van der Waals surface area contributed by atoms with Gasteiger partial charge in [-0.2, -0.15) is 13.2 Å². The lowest BCUT2D eigenvalue weighted by Gasteiger charge is -2.39. The van der Waals surface area contributed by atoms with E-state index in [2.05, 4.69) is 13.8 Å². The van der Waals surface area contributed by atoms with Crippen molar-refractivity contribution >= 4 is 29.3 Å². The standard InChI is InChI=1S/C26H30F3N3O2S/c1-17(2)25-32(23(33)21-10-5-4-7-18(21)3)22(16-35-25)24(34)31-13-11-30(12-14-31)20-9-6-8-19(15-20)26(27,28)29/h4-10,15,17,22,25H,11-14,16H2,1-3H3. The van der Waals surface area contributed by atoms with Gasteiger partial charge in [-0.15, -0.1) is 11.8 Å². The third-order valence-electron chi connectivity index (χ3n) is 6.63. The summed E-state index contributed by atoms with van der Waals surface area (Å²) in [5, 5.41) is -0.0950. The molecule has 0 aromatic heterocycles. The highest BCUT2D eigenvalue weighted by atomic mass is 32.2. The van der Waals surface area contributed by atoms with Crippen LogP contribution in [0, 0.1) is 12.8 Å². The van der Waals surface area contributed by atoms with Crippen molar-refractivity contribution < 1.29 is 22.8 Å². The van der Waals surface area contributed by atoms with E-state index < -0.39 is 17.8 Å². The highest BCUT2D eigenvalue weighted by Gasteiger charge is 2.45. The van der Waals surface area contributed by atoms with Crippen LogP contribution in [0.1, 0.15) is 35.3 Å². The van der Waals surface area contributed by atoms with Gasteiger partial charge in [0.05, 0.1) is 10.9 Å². The summed E-state index contributed by atoms with van der Waals surface area (Å²) in [5.41, 5.74) is 1.30. The summed E-state index contributed by atoms with van der Waals surface area (Å²) < 4.78 is 39.3. The number of hydrogen-bond donors (Lipinski definition) is 0. The summed E-state index contributed by atoms with van der Waals surface area (Å²) in [6.45, 7) is 7.67. The quantitative estimate of drug-likeness (QED) is 0.593. The number of carbonyl (C=O) groups is 2. The van der Waals surface area contributed by atoms with Crippen LogP contribution in [0.5, 0.6) is 0 Å². The van der Waals surface area contributed by atoms with Crippen LogP contribution in [0.15, 0.2) is 48.5 Å². The molecule has 35 heavy (non-hydrogen) atoms. The van der Waals surface area contributed by atoms with E-state index in [4.69, 9.17) is 0 Å². The van der Waals surface area contributed by atoms with Crippen molar-refractivity contribution in [3.05, 3.63) is 65.2 Å². The Morgan fingerprint density at radius 1 is 1.00 bits per heavy atom. The van der Waals surface area contributed by atoms with E-state index in [-0.39, 0.29) is 23.1 Å². The van der Waals surface area contributed by atoms with Crippen LogP contribution in [0.4, 0.5) is 18.9 Å². The van der Waals surface area contributed by atoms with E-state index in [1.807, 2.05) is 30.0 Å². The van der Waals surface area contributed by atoms with Crippen LogP contribution < -0.4 is 4.90 Å². The summed E-state index contributed by atoms with van der Waals surface area (Å²) in [6, 6.07) is 12.1.